The Morgan fingerprint density at radius 2 is 2.24 bits per heavy atom. The van der Waals surface area contributed by atoms with Gasteiger partial charge in [0.1, 0.15) is 5.76 Å². The van der Waals surface area contributed by atoms with Gasteiger partial charge in [0.15, 0.2) is 0 Å². The molecular formula is C13H13BrO2S. The molecule has 0 radical (unpaired) electrons. The van der Waals surface area contributed by atoms with Gasteiger partial charge in [-0.05, 0) is 36.8 Å². The monoisotopic (exact) mass is 312 g/mol. The van der Waals surface area contributed by atoms with Crippen molar-refractivity contribution in [3.05, 3.63) is 52.4 Å². The number of hydrogen-bond acceptors (Lipinski definition) is 3. The van der Waals surface area contributed by atoms with Crippen LogP contribution < -0.4 is 0 Å². The molecule has 1 atom stereocenters. The van der Waals surface area contributed by atoms with Gasteiger partial charge in [-0.3, -0.25) is 0 Å². The van der Waals surface area contributed by atoms with E-state index in [4.69, 9.17) is 4.42 Å². The van der Waals surface area contributed by atoms with Gasteiger partial charge in [-0.25, -0.2) is 0 Å². The third kappa shape index (κ3) is 3.37. The number of rotatable bonds is 4. The zero-order valence-corrected chi connectivity index (χ0v) is 11.8. The van der Waals surface area contributed by atoms with Gasteiger partial charge in [0.05, 0.1) is 18.1 Å². The zero-order chi connectivity index (χ0) is 12.3. The highest BCUT2D eigenvalue weighted by atomic mass is 79.9. The van der Waals surface area contributed by atoms with Gasteiger partial charge in [-0.2, -0.15) is 0 Å². The molecule has 1 unspecified atom stereocenters. The van der Waals surface area contributed by atoms with Crippen LogP contribution in [0.3, 0.4) is 0 Å². The first-order chi connectivity index (χ1) is 8.16. The summed E-state index contributed by atoms with van der Waals surface area (Å²) < 4.78 is 6.22. The van der Waals surface area contributed by atoms with E-state index in [9.17, 15) is 5.11 Å². The third-order valence-corrected chi connectivity index (χ3v) is 4.09. The number of aliphatic hydroxyl groups is 1. The van der Waals surface area contributed by atoms with E-state index in [0.29, 0.717) is 0 Å². The van der Waals surface area contributed by atoms with Gasteiger partial charge >= 0.3 is 0 Å². The minimum atomic E-state index is -0.450. The Morgan fingerprint density at radius 3 is 2.82 bits per heavy atom. The summed E-state index contributed by atoms with van der Waals surface area (Å²) in [7, 11) is 0. The first-order valence-corrected chi connectivity index (χ1v) is 7.07. The lowest BCUT2D eigenvalue weighted by Crippen LogP contribution is -1.92. The fraction of sp³-hybridized carbons (Fsp3) is 0.231. The van der Waals surface area contributed by atoms with Crippen molar-refractivity contribution in [1.82, 2.24) is 0 Å². The Kier molecular flexibility index (Phi) is 4.31. The smallest absolute Gasteiger partial charge is 0.113 e. The second kappa shape index (κ2) is 5.76. The second-order valence-corrected chi connectivity index (χ2v) is 5.63. The van der Waals surface area contributed by atoms with Crippen LogP contribution >= 0.6 is 27.7 Å². The van der Waals surface area contributed by atoms with E-state index in [1.165, 1.54) is 0 Å². The van der Waals surface area contributed by atoms with E-state index < -0.39 is 6.10 Å². The molecule has 2 rings (SSSR count). The molecule has 0 saturated heterocycles. The molecule has 0 aliphatic carbocycles. The first kappa shape index (κ1) is 12.7. The summed E-state index contributed by atoms with van der Waals surface area (Å²) in [6, 6.07) is 9.84. The van der Waals surface area contributed by atoms with E-state index >= 15 is 0 Å². The normalized spacial score (nSPS) is 12.6. The first-order valence-electron chi connectivity index (χ1n) is 5.29. The molecule has 1 aromatic heterocycles. The van der Waals surface area contributed by atoms with Crippen molar-refractivity contribution in [2.45, 2.75) is 23.7 Å². The van der Waals surface area contributed by atoms with Crippen molar-refractivity contribution < 1.29 is 9.52 Å². The van der Waals surface area contributed by atoms with Crippen molar-refractivity contribution in [3.8, 4) is 0 Å². The maximum absolute atomic E-state index is 9.52. The van der Waals surface area contributed by atoms with Crippen LogP contribution in [0.1, 0.15) is 24.4 Å². The Hall–Kier alpha value is -0.710. The average Bonchev–Trinajstić information content (AvgIpc) is 2.78. The SMILES string of the molecule is CC(O)c1ccc(SCc2ccco2)cc1Br. The van der Waals surface area contributed by atoms with Gasteiger partial charge in [-0.15, -0.1) is 11.8 Å². The molecule has 2 aromatic rings. The minimum absolute atomic E-state index is 0.450. The molecule has 90 valence electrons. The molecule has 17 heavy (non-hydrogen) atoms. The van der Waals surface area contributed by atoms with Crippen molar-refractivity contribution in [2.24, 2.45) is 0 Å². The lowest BCUT2D eigenvalue weighted by atomic mass is 10.1. The van der Waals surface area contributed by atoms with E-state index in [1.54, 1.807) is 24.9 Å². The number of halogens is 1. The van der Waals surface area contributed by atoms with Crippen LogP contribution in [0.15, 0.2) is 50.4 Å². The lowest BCUT2D eigenvalue weighted by Gasteiger charge is -2.09. The molecule has 0 spiro atoms. The van der Waals surface area contributed by atoms with Gasteiger partial charge < -0.3 is 9.52 Å². The van der Waals surface area contributed by atoms with Gasteiger partial charge in [-0.1, -0.05) is 22.0 Å². The summed E-state index contributed by atoms with van der Waals surface area (Å²) in [5.74, 6) is 1.78. The summed E-state index contributed by atoms with van der Waals surface area (Å²) >= 11 is 5.18. The Labute approximate surface area is 113 Å². The number of hydrogen-bond donors (Lipinski definition) is 1. The maximum Gasteiger partial charge on any atom is 0.113 e. The van der Waals surface area contributed by atoms with Gasteiger partial charge in [0.2, 0.25) is 0 Å². The highest BCUT2D eigenvalue weighted by Gasteiger charge is 2.07. The number of thioether (sulfide) groups is 1. The molecule has 0 aliphatic heterocycles. The van der Waals surface area contributed by atoms with E-state index in [2.05, 4.69) is 15.9 Å². The molecule has 1 heterocycles. The van der Waals surface area contributed by atoms with Crippen LogP contribution in [0.5, 0.6) is 0 Å². The summed E-state index contributed by atoms with van der Waals surface area (Å²) in [5, 5.41) is 9.52. The van der Waals surface area contributed by atoms with Crippen LogP contribution in [0.4, 0.5) is 0 Å². The highest BCUT2D eigenvalue weighted by Crippen LogP contribution is 2.30. The zero-order valence-electron chi connectivity index (χ0n) is 9.39. The van der Waals surface area contributed by atoms with Crippen LogP contribution in [0.2, 0.25) is 0 Å². The molecule has 0 saturated carbocycles. The minimum Gasteiger partial charge on any atom is -0.468 e. The fourth-order valence-electron chi connectivity index (χ4n) is 1.49. The fourth-order valence-corrected chi connectivity index (χ4v) is 3.19. The largest absolute Gasteiger partial charge is 0.468 e. The summed E-state index contributed by atoms with van der Waals surface area (Å²) in [5.41, 5.74) is 0.910. The van der Waals surface area contributed by atoms with Gasteiger partial charge in [0.25, 0.3) is 0 Å². The van der Waals surface area contributed by atoms with Gasteiger partial charge in [0, 0.05) is 9.37 Å². The molecule has 0 aliphatic rings. The quantitative estimate of drug-likeness (QED) is 0.850. The van der Waals surface area contributed by atoms with Crippen LogP contribution in [0, 0.1) is 0 Å². The molecule has 1 N–H and O–H groups in total. The highest BCUT2D eigenvalue weighted by molar-refractivity contribution is 9.10. The topological polar surface area (TPSA) is 33.4 Å². The van der Waals surface area contributed by atoms with Crippen LogP contribution in [-0.4, -0.2) is 5.11 Å². The van der Waals surface area contributed by atoms with E-state index in [0.717, 1.165) is 26.4 Å². The summed E-state index contributed by atoms with van der Waals surface area (Å²) in [6.07, 6.45) is 1.23. The second-order valence-electron chi connectivity index (χ2n) is 3.73. The van der Waals surface area contributed by atoms with E-state index in [-0.39, 0.29) is 0 Å². The Morgan fingerprint density at radius 1 is 1.41 bits per heavy atom. The summed E-state index contributed by atoms with van der Waals surface area (Å²) in [6.45, 7) is 1.76. The standard InChI is InChI=1S/C13H13BrO2S/c1-9(15)12-5-4-11(7-13(12)14)17-8-10-3-2-6-16-10/h2-7,9,15H,8H2,1H3. The van der Waals surface area contributed by atoms with Crippen molar-refractivity contribution in [3.63, 3.8) is 0 Å². The predicted molar refractivity (Wildman–Crippen MR) is 73.0 cm³/mol. The molecule has 0 amide bonds. The van der Waals surface area contributed by atoms with Crippen molar-refractivity contribution in [2.75, 3.05) is 0 Å². The number of aliphatic hydroxyl groups excluding tert-OH is 1. The third-order valence-electron chi connectivity index (χ3n) is 2.38. The maximum atomic E-state index is 9.52. The average molecular weight is 313 g/mol. The summed E-state index contributed by atoms with van der Waals surface area (Å²) in [4.78, 5) is 1.15. The lowest BCUT2D eigenvalue weighted by molar-refractivity contribution is 0.198. The van der Waals surface area contributed by atoms with Crippen molar-refractivity contribution in [1.29, 1.82) is 0 Å². The molecular weight excluding hydrogens is 300 g/mol. The van der Waals surface area contributed by atoms with Crippen LogP contribution in [0.25, 0.3) is 0 Å². The van der Waals surface area contributed by atoms with Crippen molar-refractivity contribution >= 4 is 27.7 Å². The molecule has 1 aromatic carbocycles. The Bertz CT molecular complexity index is 480. The predicted octanol–water partition coefficient (Wildman–Crippen LogP) is 4.39. The Balaban J connectivity index is 2.05. The number of benzene rings is 1. The molecule has 0 bridgehead atoms. The molecule has 4 heteroatoms. The number of furan rings is 1. The molecule has 2 nitrogen and oxygen atoms in total. The van der Waals surface area contributed by atoms with E-state index in [1.807, 2.05) is 30.3 Å². The molecule has 0 fully saturated rings. The van der Waals surface area contributed by atoms with Crippen LogP contribution in [-0.2, 0) is 5.75 Å².